The summed E-state index contributed by atoms with van der Waals surface area (Å²) in [5.74, 6) is 1.08. The van der Waals surface area contributed by atoms with E-state index in [1.807, 2.05) is 0 Å². The van der Waals surface area contributed by atoms with Gasteiger partial charge in [-0.3, -0.25) is 0 Å². The Morgan fingerprint density at radius 1 is 1.17 bits per heavy atom. The highest BCUT2D eigenvalue weighted by atomic mass is 14.8. The lowest BCUT2D eigenvalue weighted by molar-refractivity contribution is 0.470. The van der Waals surface area contributed by atoms with Crippen LogP contribution in [0.5, 0.6) is 0 Å². The standard InChI is InChI=1S/C11H23N/c1-2-9-12-10-5-8-11-6-3-4-7-11/h11-12H,2-10H2,1H3. The molecule has 0 aromatic rings. The maximum absolute atomic E-state index is 3.46. The van der Waals surface area contributed by atoms with Gasteiger partial charge in [-0.05, 0) is 38.3 Å². The summed E-state index contributed by atoms with van der Waals surface area (Å²) < 4.78 is 0. The highest BCUT2D eigenvalue weighted by Gasteiger charge is 2.13. The van der Waals surface area contributed by atoms with Crippen LogP contribution in [0.25, 0.3) is 0 Å². The first kappa shape index (κ1) is 10.0. The molecule has 0 aliphatic heterocycles. The zero-order chi connectivity index (χ0) is 8.65. The first-order chi connectivity index (χ1) is 5.93. The van der Waals surface area contributed by atoms with Crippen LogP contribution < -0.4 is 5.32 Å². The predicted molar refractivity (Wildman–Crippen MR) is 54.4 cm³/mol. The second-order valence-electron chi connectivity index (χ2n) is 4.04. The minimum Gasteiger partial charge on any atom is -0.317 e. The maximum Gasteiger partial charge on any atom is -0.00488 e. The molecule has 1 aliphatic rings. The Morgan fingerprint density at radius 2 is 1.92 bits per heavy atom. The van der Waals surface area contributed by atoms with Crippen molar-refractivity contribution in [3.05, 3.63) is 0 Å². The van der Waals surface area contributed by atoms with Gasteiger partial charge >= 0.3 is 0 Å². The molecule has 0 bridgehead atoms. The quantitative estimate of drug-likeness (QED) is 0.603. The fourth-order valence-electron chi connectivity index (χ4n) is 2.12. The van der Waals surface area contributed by atoms with E-state index in [9.17, 15) is 0 Å². The van der Waals surface area contributed by atoms with Gasteiger partial charge in [0.25, 0.3) is 0 Å². The van der Waals surface area contributed by atoms with E-state index in [0.717, 1.165) is 5.92 Å². The van der Waals surface area contributed by atoms with Crippen molar-refractivity contribution in [3.8, 4) is 0 Å². The highest BCUT2D eigenvalue weighted by molar-refractivity contribution is 4.67. The SMILES string of the molecule is CCCNCCCC1CCCC1. The third-order valence-electron chi connectivity index (χ3n) is 2.87. The van der Waals surface area contributed by atoms with Crippen LogP contribution in [0.3, 0.4) is 0 Å². The molecule has 72 valence electrons. The number of hydrogen-bond acceptors (Lipinski definition) is 1. The van der Waals surface area contributed by atoms with Crippen molar-refractivity contribution in [1.29, 1.82) is 0 Å². The van der Waals surface area contributed by atoms with Crippen molar-refractivity contribution in [2.75, 3.05) is 13.1 Å². The van der Waals surface area contributed by atoms with Crippen LogP contribution in [0, 0.1) is 5.92 Å². The molecule has 1 aliphatic carbocycles. The van der Waals surface area contributed by atoms with Crippen LogP contribution in [-0.4, -0.2) is 13.1 Å². The maximum atomic E-state index is 3.46. The zero-order valence-corrected chi connectivity index (χ0v) is 8.44. The van der Waals surface area contributed by atoms with Crippen molar-refractivity contribution in [1.82, 2.24) is 5.32 Å². The normalized spacial score (nSPS) is 18.8. The second-order valence-corrected chi connectivity index (χ2v) is 4.04. The first-order valence-corrected chi connectivity index (χ1v) is 5.64. The number of rotatable bonds is 6. The third kappa shape index (κ3) is 4.10. The average Bonchev–Trinajstić information content (AvgIpc) is 2.57. The van der Waals surface area contributed by atoms with E-state index >= 15 is 0 Å². The summed E-state index contributed by atoms with van der Waals surface area (Å²) in [7, 11) is 0. The van der Waals surface area contributed by atoms with Crippen molar-refractivity contribution in [2.45, 2.75) is 51.9 Å². The minimum atomic E-state index is 1.08. The van der Waals surface area contributed by atoms with Crippen molar-refractivity contribution in [2.24, 2.45) is 5.92 Å². The Balaban J connectivity index is 1.81. The second kappa shape index (κ2) is 6.47. The first-order valence-electron chi connectivity index (χ1n) is 5.64. The summed E-state index contributed by atoms with van der Waals surface area (Å²) in [4.78, 5) is 0. The summed E-state index contributed by atoms with van der Waals surface area (Å²) in [5.41, 5.74) is 0. The monoisotopic (exact) mass is 169 g/mol. The lowest BCUT2D eigenvalue weighted by atomic mass is 10.0. The lowest BCUT2D eigenvalue weighted by Gasteiger charge is -2.08. The van der Waals surface area contributed by atoms with Gasteiger partial charge in [-0.15, -0.1) is 0 Å². The van der Waals surface area contributed by atoms with Crippen LogP contribution in [0.4, 0.5) is 0 Å². The van der Waals surface area contributed by atoms with Crippen LogP contribution in [-0.2, 0) is 0 Å². The summed E-state index contributed by atoms with van der Waals surface area (Å²) in [6, 6.07) is 0. The Morgan fingerprint density at radius 3 is 2.58 bits per heavy atom. The molecule has 0 amide bonds. The molecule has 0 saturated heterocycles. The molecule has 0 heterocycles. The predicted octanol–water partition coefficient (Wildman–Crippen LogP) is 2.96. The van der Waals surface area contributed by atoms with Gasteiger partial charge in [0.05, 0.1) is 0 Å². The molecule has 1 nitrogen and oxygen atoms in total. The molecule has 1 rings (SSSR count). The van der Waals surface area contributed by atoms with Gasteiger partial charge in [-0.2, -0.15) is 0 Å². The molecule has 1 heteroatoms. The summed E-state index contributed by atoms with van der Waals surface area (Å²) >= 11 is 0. The summed E-state index contributed by atoms with van der Waals surface area (Å²) in [6.07, 6.45) is 10.1. The fourth-order valence-corrected chi connectivity index (χ4v) is 2.12. The molecular weight excluding hydrogens is 146 g/mol. The van der Waals surface area contributed by atoms with Gasteiger partial charge in [0.2, 0.25) is 0 Å². The zero-order valence-electron chi connectivity index (χ0n) is 8.44. The van der Waals surface area contributed by atoms with Gasteiger partial charge in [-0.1, -0.05) is 32.6 Å². The molecule has 1 saturated carbocycles. The molecule has 1 fully saturated rings. The Hall–Kier alpha value is -0.0400. The van der Waals surface area contributed by atoms with Gasteiger partial charge in [-0.25, -0.2) is 0 Å². The fraction of sp³-hybridized carbons (Fsp3) is 1.00. The average molecular weight is 169 g/mol. The molecule has 0 aromatic carbocycles. The number of nitrogens with one attached hydrogen (secondary N) is 1. The molecule has 0 radical (unpaired) electrons. The Bertz CT molecular complexity index is 95.2. The third-order valence-corrected chi connectivity index (χ3v) is 2.87. The van der Waals surface area contributed by atoms with E-state index in [1.165, 1.54) is 58.0 Å². The van der Waals surface area contributed by atoms with E-state index in [1.54, 1.807) is 0 Å². The van der Waals surface area contributed by atoms with E-state index in [2.05, 4.69) is 12.2 Å². The summed E-state index contributed by atoms with van der Waals surface area (Å²) in [5, 5.41) is 3.46. The van der Waals surface area contributed by atoms with Crippen molar-refractivity contribution < 1.29 is 0 Å². The van der Waals surface area contributed by atoms with Crippen molar-refractivity contribution in [3.63, 3.8) is 0 Å². The molecule has 12 heavy (non-hydrogen) atoms. The van der Waals surface area contributed by atoms with E-state index in [0.29, 0.717) is 0 Å². The number of hydrogen-bond donors (Lipinski definition) is 1. The Labute approximate surface area is 76.9 Å². The van der Waals surface area contributed by atoms with E-state index in [-0.39, 0.29) is 0 Å². The molecule has 0 unspecified atom stereocenters. The molecule has 0 spiro atoms. The molecule has 1 N–H and O–H groups in total. The highest BCUT2D eigenvalue weighted by Crippen LogP contribution is 2.28. The van der Waals surface area contributed by atoms with Crippen LogP contribution >= 0.6 is 0 Å². The van der Waals surface area contributed by atoms with Gasteiger partial charge in [0, 0.05) is 0 Å². The topological polar surface area (TPSA) is 12.0 Å². The van der Waals surface area contributed by atoms with Crippen molar-refractivity contribution >= 4 is 0 Å². The van der Waals surface area contributed by atoms with Crippen LogP contribution in [0.2, 0.25) is 0 Å². The van der Waals surface area contributed by atoms with Crippen LogP contribution in [0.1, 0.15) is 51.9 Å². The van der Waals surface area contributed by atoms with Gasteiger partial charge in [0.15, 0.2) is 0 Å². The smallest absolute Gasteiger partial charge is 0.00488 e. The van der Waals surface area contributed by atoms with Crippen LogP contribution in [0.15, 0.2) is 0 Å². The van der Waals surface area contributed by atoms with Gasteiger partial charge in [0.1, 0.15) is 0 Å². The molecular formula is C11H23N. The lowest BCUT2D eigenvalue weighted by Crippen LogP contribution is -2.16. The van der Waals surface area contributed by atoms with E-state index in [4.69, 9.17) is 0 Å². The van der Waals surface area contributed by atoms with Gasteiger partial charge < -0.3 is 5.32 Å². The van der Waals surface area contributed by atoms with E-state index < -0.39 is 0 Å². The summed E-state index contributed by atoms with van der Waals surface area (Å²) in [6.45, 7) is 4.67. The largest absolute Gasteiger partial charge is 0.317 e. The Kier molecular flexibility index (Phi) is 5.42. The molecule has 0 aromatic heterocycles. The minimum absolute atomic E-state index is 1.08. The molecule has 0 atom stereocenters.